The summed E-state index contributed by atoms with van der Waals surface area (Å²) in [4.78, 5) is 19.4. The van der Waals surface area contributed by atoms with Crippen LogP contribution in [0.15, 0.2) is 128 Å². The Morgan fingerprint density at radius 1 is 0.732 bits per heavy atom. The molecule has 2 aromatic carbocycles. The lowest BCUT2D eigenvalue weighted by atomic mass is 9.98. The quantitative estimate of drug-likeness (QED) is 0.231. The highest BCUT2D eigenvalue weighted by atomic mass is 15.1. The molecule has 0 bridgehead atoms. The molecule has 6 nitrogen and oxygen atoms in total. The van der Waals surface area contributed by atoms with Gasteiger partial charge in [-0.3, -0.25) is 9.38 Å². The second-order valence-electron chi connectivity index (χ2n) is 9.79. The SMILES string of the molecule is C/C=C\C=C(/N)c1cc(-c2ccc(-c3nc4c(nc5ccccn54)c4ccccc34)cc2)cc(-c2ccccn2)n1. The van der Waals surface area contributed by atoms with Gasteiger partial charge in [-0.05, 0) is 60.5 Å². The Kier molecular flexibility index (Phi) is 6.06. The van der Waals surface area contributed by atoms with Crippen LogP contribution in [0.3, 0.4) is 0 Å². The third-order valence-corrected chi connectivity index (χ3v) is 7.17. The molecule has 5 heterocycles. The molecule has 7 aromatic rings. The van der Waals surface area contributed by atoms with E-state index in [0.29, 0.717) is 11.4 Å². The summed E-state index contributed by atoms with van der Waals surface area (Å²) in [5.74, 6) is 0. The van der Waals surface area contributed by atoms with Crippen molar-refractivity contribution in [3.05, 3.63) is 133 Å². The minimum atomic E-state index is 0.593. The van der Waals surface area contributed by atoms with Crippen LogP contribution in [0.2, 0.25) is 0 Å². The average Bonchev–Trinajstić information content (AvgIpc) is 3.42. The summed E-state index contributed by atoms with van der Waals surface area (Å²) in [5.41, 5.74) is 15.9. The minimum Gasteiger partial charge on any atom is -0.397 e. The number of pyridine rings is 4. The van der Waals surface area contributed by atoms with E-state index in [9.17, 15) is 0 Å². The van der Waals surface area contributed by atoms with Crippen molar-refractivity contribution in [1.82, 2.24) is 24.3 Å². The van der Waals surface area contributed by atoms with Crippen LogP contribution in [0.5, 0.6) is 0 Å². The summed E-state index contributed by atoms with van der Waals surface area (Å²) in [5, 5.41) is 2.16. The third kappa shape index (κ3) is 4.41. The highest BCUT2D eigenvalue weighted by molar-refractivity contribution is 6.09. The van der Waals surface area contributed by atoms with Gasteiger partial charge in [-0.2, -0.15) is 0 Å². The first-order chi connectivity index (χ1) is 20.2. The van der Waals surface area contributed by atoms with E-state index >= 15 is 0 Å². The first-order valence-electron chi connectivity index (χ1n) is 13.5. The van der Waals surface area contributed by atoms with Gasteiger partial charge in [-0.25, -0.2) is 15.0 Å². The maximum absolute atomic E-state index is 6.42. The molecule has 2 N–H and O–H groups in total. The standard InChI is InChI=1S/C35H26N6/c1-2-3-12-28(36)30-21-25(22-31(38-30)29-13-6-8-19-37-29)23-15-17-24(18-16-23)33-26-10-4-5-11-27(26)34-35(40-33)41-20-9-7-14-32(41)39-34/h2-22H,36H2,1H3/b3-2-,28-12-. The Hall–Kier alpha value is -5.62. The van der Waals surface area contributed by atoms with Crippen molar-refractivity contribution in [3.8, 4) is 33.8 Å². The maximum atomic E-state index is 6.42. The Morgan fingerprint density at radius 3 is 2.32 bits per heavy atom. The van der Waals surface area contributed by atoms with Gasteiger partial charge in [0, 0.05) is 28.7 Å². The van der Waals surface area contributed by atoms with Crippen LogP contribution in [-0.4, -0.2) is 24.3 Å². The number of rotatable bonds is 5. The van der Waals surface area contributed by atoms with Crippen molar-refractivity contribution in [3.63, 3.8) is 0 Å². The lowest BCUT2D eigenvalue weighted by molar-refractivity contribution is 1.19. The number of fused-ring (bicyclic) bond motifs is 5. The molecule has 7 rings (SSSR count). The first kappa shape index (κ1) is 24.4. The first-order valence-corrected chi connectivity index (χ1v) is 13.5. The molecule has 0 radical (unpaired) electrons. The number of hydrogen-bond acceptors (Lipinski definition) is 5. The average molecular weight is 531 g/mol. The molecular weight excluding hydrogens is 504 g/mol. The van der Waals surface area contributed by atoms with E-state index in [1.54, 1.807) is 6.20 Å². The van der Waals surface area contributed by atoms with Crippen LogP contribution in [-0.2, 0) is 0 Å². The van der Waals surface area contributed by atoms with Gasteiger partial charge >= 0.3 is 0 Å². The number of nitrogens with zero attached hydrogens (tertiary/aromatic N) is 5. The van der Waals surface area contributed by atoms with E-state index in [4.69, 9.17) is 20.7 Å². The largest absolute Gasteiger partial charge is 0.397 e. The molecule has 196 valence electrons. The smallest absolute Gasteiger partial charge is 0.165 e. The summed E-state index contributed by atoms with van der Waals surface area (Å²) < 4.78 is 2.04. The minimum absolute atomic E-state index is 0.593. The zero-order valence-electron chi connectivity index (χ0n) is 22.4. The molecule has 0 aliphatic heterocycles. The van der Waals surface area contributed by atoms with Crippen LogP contribution < -0.4 is 5.73 Å². The Labute approximate surface area is 237 Å². The van der Waals surface area contributed by atoms with Gasteiger partial charge in [0.1, 0.15) is 11.2 Å². The molecule has 0 saturated carbocycles. The van der Waals surface area contributed by atoms with Crippen LogP contribution in [0.25, 0.3) is 67.1 Å². The summed E-state index contributed by atoms with van der Waals surface area (Å²) in [6, 6.07) is 32.7. The number of benzene rings is 2. The Bertz CT molecular complexity index is 2110. The van der Waals surface area contributed by atoms with E-state index < -0.39 is 0 Å². The van der Waals surface area contributed by atoms with Crippen LogP contribution in [0.4, 0.5) is 0 Å². The summed E-state index contributed by atoms with van der Waals surface area (Å²) >= 11 is 0. The lowest BCUT2D eigenvalue weighted by Crippen LogP contribution is -2.01. The topological polar surface area (TPSA) is 82.0 Å². The molecule has 0 spiro atoms. The van der Waals surface area contributed by atoms with Gasteiger partial charge in [-0.1, -0.05) is 72.8 Å². The molecule has 0 fully saturated rings. The second kappa shape index (κ2) is 10.2. The summed E-state index contributed by atoms with van der Waals surface area (Å²) in [6.45, 7) is 1.96. The predicted molar refractivity (Wildman–Crippen MR) is 167 cm³/mol. The maximum Gasteiger partial charge on any atom is 0.165 e. The van der Waals surface area contributed by atoms with Gasteiger partial charge < -0.3 is 5.73 Å². The van der Waals surface area contributed by atoms with E-state index in [-0.39, 0.29) is 0 Å². The molecular formula is C35H26N6. The number of imidazole rings is 1. The zero-order valence-corrected chi connectivity index (χ0v) is 22.4. The van der Waals surface area contributed by atoms with Crippen molar-refractivity contribution < 1.29 is 0 Å². The molecule has 5 aromatic heterocycles. The Balaban J connectivity index is 1.36. The van der Waals surface area contributed by atoms with Gasteiger partial charge in [0.25, 0.3) is 0 Å². The Morgan fingerprint density at radius 2 is 1.51 bits per heavy atom. The molecule has 0 amide bonds. The second-order valence-corrected chi connectivity index (χ2v) is 9.79. The van der Waals surface area contributed by atoms with Crippen molar-refractivity contribution in [2.24, 2.45) is 5.73 Å². The van der Waals surface area contributed by atoms with Crippen molar-refractivity contribution >= 4 is 33.3 Å². The molecule has 0 aliphatic rings. The van der Waals surface area contributed by atoms with E-state index in [1.165, 1.54) is 0 Å². The number of allylic oxidation sites excluding steroid dienone is 3. The zero-order chi connectivity index (χ0) is 27.8. The highest BCUT2D eigenvalue weighted by Gasteiger charge is 2.15. The number of aromatic nitrogens is 5. The molecule has 0 unspecified atom stereocenters. The number of nitrogens with two attached hydrogens (primary N) is 1. The van der Waals surface area contributed by atoms with E-state index in [0.717, 1.165) is 61.4 Å². The van der Waals surface area contributed by atoms with Crippen molar-refractivity contribution in [2.45, 2.75) is 6.92 Å². The van der Waals surface area contributed by atoms with Gasteiger partial charge in [0.2, 0.25) is 0 Å². The third-order valence-electron chi connectivity index (χ3n) is 7.17. The summed E-state index contributed by atoms with van der Waals surface area (Å²) in [6.07, 6.45) is 9.50. The highest BCUT2D eigenvalue weighted by Crippen LogP contribution is 2.34. The van der Waals surface area contributed by atoms with Gasteiger partial charge in [-0.15, -0.1) is 0 Å². The fourth-order valence-corrected chi connectivity index (χ4v) is 5.15. The normalized spacial score (nSPS) is 12.2. The number of hydrogen-bond donors (Lipinski definition) is 1. The fraction of sp³-hybridized carbons (Fsp3) is 0.0286. The van der Waals surface area contributed by atoms with Crippen LogP contribution in [0.1, 0.15) is 12.6 Å². The predicted octanol–water partition coefficient (Wildman–Crippen LogP) is 7.70. The molecule has 6 heteroatoms. The van der Waals surface area contributed by atoms with Crippen LogP contribution >= 0.6 is 0 Å². The monoisotopic (exact) mass is 530 g/mol. The van der Waals surface area contributed by atoms with Crippen molar-refractivity contribution in [2.75, 3.05) is 0 Å². The molecule has 0 atom stereocenters. The molecule has 0 aliphatic carbocycles. The van der Waals surface area contributed by atoms with Gasteiger partial charge in [0.05, 0.1) is 28.5 Å². The van der Waals surface area contributed by atoms with Crippen molar-refractivity contribution in [1.29, 1.82) is 0 Å². The summed E-state index contributed by atoms with van der Waals surface area (Å²) in [7, 11) is 0. The lowest BCUT2D eigenvalue weighted by Gasteiger charge is -2.11. The van der Waals surface area contributed by atoms with Gasteiger partial charge in [0.15, 0.2) is 5.65 Å². The van der Waals surface area contributed by atoms with E-state index in [1.807, 2.05) is 84.3 Å². The van der Waals surface area contributed by atoms with Crippen LogP contribution in [0, 0.1) is 0 Å². The molecule has 41 heavy (non-hydrogen) atoms. The molecule has 0 saturated heterocycles. The fourth-order valence-electron chi connectivity index (χ4n) is 5.15. The van der Waals surface area contributed by atoms with E-state index in [2.05, 4.69) is 53.5 Å².